The van der Waals surface area contributed by atoms with Gasteiger partial charge in [-0.15, -0.1) is 0 Å². The Hall–Kier alpha value is -2.59. The van der Waals surface area contributed by atoms with Gasteiger partial charge in [-0.05, 0) is 89.3 Å². The third kappa shape index (κ3) is 10.5. The molecule has 4 rings (SSSR count). The number of carbonyl (C=O) groups is 2. The predicted molar refractivity (Wildman–Crippen MR) is 188 cm³/mol. The third-order valence-corrected chi connectivity index (χ3v) is 10.3. The van der Waals surface area contributed by atoms with E-state index in [1.54, 1.807) is 25.9 Å². The highest BCUT2D eigenvalue weighted by atomic mass is 16.7. The van der Waals surface area contributed by atoms with Crippen LogP contribution in [0.5, 0.6) is 0 Å². The molecule has 280 valence electrons. The van der Waals surface area contributed by atoms with Crippen LogP contribution in [0.25, 0.3) is 10.9 Å². The van der Waals surface area contributed by atoms with Crippen LogP contribution in [0.15, 0.2) is 36.5 Å². The van der Waals surface area contributed by atoms with E-state index in [9.17, 15) is 30.0 Å². The number of aromatic nitrogens is 1. The summed E-state index contributed by atoms with van der Waals surface area (Å²) in [4.78, 5) is 33.5. The van der Waals surface area contributed by atoms with Crippen molar-refractivity contribution in [3.63, 3.8) is 0 Å². The molecule has 1 aromatic heterocycles. The minimum Gasteiger partial charge on any atom is -0.392 e. The zero-order valence-electron chi connectivity index (χ0n) is 30.1. The van der Waals surface area contributed by atoms with Crippen molar-refractivity contribution in [3.8, 4) is 0 Å². The van der Waals surface area contributed by atoms with Crippen LogP contribution in [0.3, 0.4) is 0 Å². The Morgan fingerprint density at radius 2 is 1.84 bits per heavy atom. The molecule has 5 N–H and O–H groups in total. The highest BCUT2D eigenvalue weighted by Crippen LogP contribution is 2.33. The first-order valence-electron chi connectivity index (χ1n) is 17.9. The fraction of sp³-hybridized carbons (Fsp3) is 0.703. The van der Waals surface area contributed by atoms with Gasteiger partial charge in [-0.1, -0.05) is 25.1 Å². The Bertz CT molecular complexity index is 1350. The number of nitrogens with zero attached hydrogens (tertiary/aromatic N) is 3. The maximum Gasteiger partial charge on any atom is 0.222 e. The minimum atomic E-state index is -1.31. The molecule has 0 radical (unpaired) electrons. The standard InChI is InChI=1S/C37H58N4O9/c1-23-20-26(14-19-42)35(50-37-34(47)32(40(3)4)33(46)24(2)49-37)36(48-5)29(43)21-31(45)39-15-9-18-41(22-30(23)44)17-8-10-25-13-16-38-28-12-7-6-11-27(25)28/h6-7,11-13,16,19,23-24,26,29-30,32-37,43-44,46-47H,8-10,14-15,17-18,20-22H2,1-5H3,(H,39,45)/t23-,24?,26+,29-,30+,32?,33+,34?,35+,36+,37+/m1/s1. The molecule has 2 aliphatic heterocycles. The summed E-state index contributed by atoms with van der Waals surface area (Å²) in [6, 6.07) is 9.42. The van der Waals surface area contributed by atoms with Gasteiger partial charge < -0.3 is 54.5 Å². The predicted octanol–water partition coefficient (Wildman–Crippen LogP) is 1.13. The first-order chi connectivity index (χ1) is 23.9. The number of methoxy groups -OCH3 is 1. The van der Waals surface area contributed by atoms with Gasteiger partial charge in [-0.2, -0.15) is 0 Å². The van der Waals surface area contributed by atoms with Crippen molar-refractivity contribution in [2.75, 3.05) is 47.4 Å². The van der Waals surface area contributed by atoms with Gasteiger partial charge in [0.25, 0.3) is 0 Å². The Morgan fingerprint density at radius 1 is 1.08 bits per heavy atom. The first-order valence-corrected chi connectivity index (χ1v) is 17.9. The summed E-state index contributed by atoms with van der Waals surface area (Å²) in [5.74, 6) is -1.22. The lowest BCUT2D eigenvalue weighted by molar-refractivity contribution is -0.309. The molecule has 3 heterocycles. The van der Waals surface area contributed by atoms with Crippen LogP contribution in [0.1, 0.15) is 51.5 Å². The molecule has 13 heteroatoms. The number of hydrogen-bond acceptors (Lipinski definition) is 12. The van der Waals surface area contributed by atoms with Crippen molar-refractivity contribution in [2.45, 2.75) is 107 Å². The van der Waals surface area contributed by atoms with Gasteiger partial charge in [0.05, 0.1) is 48.5 Å². The van der Waals surface area contributed by atoms with Gasteiger partial charge in [-0.3, -0.25) is 9.78 Å². The van der Waals surface area contributed by atoms with Crippen LogP contribution in [-0.4, -0.2) is 150 Å². The van der Waals surface area contributed by atoms with E-state index in [1.165, 1.54) is 12.7 Å². The molecule has 0 saturated carbocycles. The lowest BCUT2D eigenvalue weighted by Gasteiger charge is -2.46. The summed E-state index contributed by atoms with van der Waals surface area (Å²) in [6.07, 6.45) is -3.28. The van der Waals surface area contributed by atoms with E-state index in [1.807, 2.05) is 31.3 Å². The molecule has 2 fully saturated rings. The van der Waals surface area contributed by atoms with Gasteiger partial charge in [-0.25, -0.2) is 0 Å². The Balaban J connectivity index is 1.55. The average molecular weight is 703 g/mol. The van der Waals surface area contributed by atoms with Gasteiger partial charge in [0.1, 0.15) is 18.5 Å². The van der Waals surface area contributed by atoms with Crippen molar-refractivity contribution in [1.29, 1.82) is 0 Å². The maximum atomic E-state index is 13.0. The van der Waals surface area contributed by atoms with E-state index in [-0.39, 0.29) is 24.7 Å². The average Bonchev–Trinajstić information content (AvgIpc) is 3.08. The van der Waals surface area contributed by atoms with Crippen molar-refractivity contribution >= 4 is 23.1 Å². The smallest absolute Gasteiger partial charge is 0.222 e. The fourth-order valence-electron chi connectivity index (χ4n) is 7.50. The van der Waals surface area contributed by atoms with Crippen molar-refractivity contribution < 1.29 is 44.2 Å². The second-order valence-electron chi connectivity index (χ2n) is 14.3. The molecule has 11 atom stereocenters. The Kier molecular flexibility index (Phi) is 15.5. The molecule has 2 saturated heterocycles. The molecular weight excluding hydrogens is 644 g/mol. The zero-order chi connectivity index (χ0) is 36.4. The topological polar surface area (TPSA) is 174 Å². The van der Waals surface area contributed by atoms with Crippen molar-refractivity contribution in [2.24, 2.45) is 11.8 Å². The number of para-hydroxylation sites is 1. The van der Waals surface area contributed by atoms with Crippen LogP contribution < -0.4 is 5.32 Å². The highest BCUT2D eigenvalue weighted by molar-refractivity contribution is 5.81. The monoisotopic (exact) mass is 702 g/mol. The van der Waals surface area contributed by atoms with Crippen LogP contribution in [0, 0.1) is 11.8 Å². The molecule has 2 aromatic rings. The second-order valence-corrected chi connectivity index (χ2v) is 14.3. The molecule has 0 spiro atoms. The zero-order valence-corrected chi connectivity index (χ0v) is 30.1. The van der Waals surface area contributed by atoms with Crippen LogP contribution in [0.2, 0.25) is 0 Å². The molecule has 1 amide bonds. The van der Waals surface area contributed by atoms with E-state index >= 15 is 0 Å². The number of hydrogen-bond donors (Lipinski definition) is 5. The number of benzene rings is 1. The molecule has 0 aliphatic carbocycles. The summed E-state index contributed by atoms with van der Waals surface area (Å²) in [5, 5.41) is 49.0. The lowest BCUT2D eigenvalue weighted by Crippen LogP contribution is -2.63. The van der Waals surface area contributed by atoms with Crippen LogP contribution in [-0.2, 0) is 30.2 Å². The van der Waals surface area contributed by atoms with E-state index in [0.717, 1.165) is 36.6 Å². The van der Waals surface area contributed by atoms with E-state index < -0.39 is 61.0 Å². The maximum absolute atomic E-state index is 13.0. The second kappa shape index (κ2) is 19.3. The van der Waals surface area contributed by atoms with Gasteiger partial charge in [0.2, 0.25) is 5.91 Å². The number of likely N-dealkylation sites (N-methyl/N-ethyl adjacent to an activating group) is 1. The van der Waals surface area contributed by atoms with Crippen molar-refractivity contribution in [1.82, 2.24) is 20.1 Å². The molecule has 2 aliphatic rings. The molecule has 1 aromatic carbocycles. The number of ether oxygens (including phenoxy) is 3. The number of amides is 1. The fourth-order valence-corrected chi connectivity index (χ4v) is 7.50. The number of fused-ring (bicyclic) bond motifs is 1. The van der Waals surface area contributed by atoms with Gasteiger partial charge >= 0.3 is 0 Å². The van der Waals surface area contributed by atoms with Crippen molar-refractivity contribution in [3.05, 3.63) is 42.1 Å². The summed E-state index contributed by atoms with van der Waals surface area (Å²) < 4.78 is 18.2. The van der Waals surface area contributed by atoms with Gasteiger partial charge in [0, 0.05) is 38.2 Å². The number of nitrogens with one attached hydrogen (secondary N) is 1. The van der Waals surface area contributed by atoms with Crippen LogP contribution in [0.4, 0.5) is 0 Å². The quantitative estimate of drug-likeness (QED) is 0.224. The number of pyridine rings is 1. The highest BCUT2D eigenvalue weighted by Gasteiger charge is 2.48. The summed E-state index contributed by atoms with van der Waals surface area (Å²) in [6.45, 7) is 5.78. The molecule has 3 unspecified atom stereocenters. The lowest BCUT2D eigenvalue weighted by atomic mass is 9.82. The van der Waals surface area contributed by atoms with E-state index in [0.29, 0.717) is 32.5 Å². The molecular formula is C37H58N4O9. The summed E-state index contributed by atoms with van der Waals surface area (Å²) in [5.41, 5.74) is 2.18. The van der Waals surface area contributed by atoms with E-state index in [4.69, 9.17) is 14.2 Å². The number of aliphatic hydroxyl groups is 4. The summed E-state index contributed by atoms with van der Waals surface area (Å²) in [7, 11) is 4.87. The SMILES string of the molecule is CO[C@@H]1[C@@H](O[C@@H]2OC(C)[C@H](O)C(N(C)C)C2O)[C@@H](CC=O)C[C@@H](C)[C@@H](O)CN(CCCc2ccnc3ccccc23)CCCNC(=O)C[C@H]1O. The largest absolute Gasteiger partial charge is 0.392 e. The Morgan fingerprint density at radius 3 is 2.56 bits per heavy atom. The number of aldehydes is 1. The number of aliphatic hydroxyl groups excluding tert-OH is 4. The Labute approximate surface area is 295 Å². The molecule has 13 nitrogen and oxygen atoms in total. The normalized spacial score (nSPS) is 34.2. The summed E-state index contributed by atoms with van der Waals surface area (Å²) >= 11 is 0. The number of β-amino-alcohol motifs (C(OH)–C–C–N with tert-alkyl or cyclic N) is 1. The van der Waals surface area contributed by atoms with E-state index in [2.05, 4.69) is 27.3 Å². The molecule has 50 heavy (non-hydrogen) atoms. The third-order valence-electron chi connectivity index (χ3n) is 10.3. The minimum absolute atomic E-state index is 0.0161. The van der Waals surface area contributed by atoms with Crippen LogP contribution >= 0.6 is 0 Å². The van der Waals surface area contributed by atoms with Gasteiger partial charge in [0.15, 0.2) is 6.29 Å². The first kappa shape index (κ1) is 40.2. The number of aryl methyl sites for hydroxylation is 1. The molecule has 0 bridgehead atoms. The number of carbonyl (C=O) groups excluding carboxylic acids is 2. The number of rotatable bonds is 10.